The second-order valence-electron chi connectivity index (χ2n) is 6.17. The van der Waals surface area contributed by atoms with Crippen molar-refractivity contribution >= 4 is 5.78 Å². The van der Waals surface area contributed by atoms with Gasteiger partial charge in [0.25, 0.3) is 0 Å². The summed E-state index contributed by atoms with van der Waals surface area (Å²) in [7, 11) is 0. The molecule has 0 amide bonds. The van der Waals surface area contributed by atoms with Gasteiger partial charge in [0.2, 0.25) is 0 Å². The summed E-state index contributed by atoms with van der Waals surface area (Å²) in [6, 6.07) is 5.21. The van der Waals surface area contributed by atoms with Crippen LogP contribution in [0.5, 0.6) is 0 Å². The van der Waals surface area contributed by atoms with E-state index in [9.17, 15) is 9.18 Å². The van der Waals surface area contributed by atoms with Crippen molar-refractivity contribution in [3.8, 4) is 0 Å². The molecule has 3 heteroatoms. The first kappa shape index (κ1) is 15.2. The second-order valence-corrected chi connectivity index (χ2v) is 6.17. The molecule has 1 aliphatic carbocycles. The minimum Gasteiger partial charge on any atom is -0.300 e. The van der Waals surface area contributed by atoms with Crippen molar-refractivity contribution in [3.05, 3.63) is 35.1 Å². The molecule has 1 aliphatic rings. The van der Waals surface area contributed by atoms with Crippen molar-refractivity contribution in [2.24, 2.45) is 5.92 Å². The van der Waals surface area contributed by atoms with E-state index in [0.717, 1.165) is 19.0 Å². The normalized spacial score (nSPS) is 15.1. The summed E-state index contributed by atoms with van der Waals surface area (Å²) in [6.07, 6.45) is 3.11. The lowest BCUT2D eigenvalue weighted by molar-refractivity contribution is 0.0953. The zero-order valence-electron chi connectivity index (χ0n) is 12.7. The molecule has 1 saturated carbocycles. The third kappa shape index (κ3) is 4.14. The van der Waals surface area contributed by atoms with Crippen LogP contribution in [0.1, 0.15) is 49.0 Å². The van der Waals surface area contributed by atoms with E-state index in [1.807, 2.05) is 0 Å². The Bertz CT molecular complexity index is 480. The van der Waals surface area contributed by atoms with Crippen LogP contribution in [-0.4, -0.2) is 29.8 Å². The largest absolute Gasteiger partial charge is 0.300 e. The number of halogens is 1. The van der Waals surface area contributed by atoms with E-state index in [-0.39, 0.29) is 11.6 Å². The SMILES string of the molecule is Cc1ccc(C(=O)CCN(CC2CC2)C(C)C)cc1F. The fourth-order valence-corrected chi connectivity index (χ4v) is 2.35. The molecule has 0 atom stereocenters. The summed E-state index contributed by atoms with van der Waals surface area (Å²) in [5, 5.41) is 0. The first-order valence-corrected chi connectivity index (χ1v) is 7.50. The number of aryl methyl sites for hydroxylation is 1. The van der Waals surface area contributed by atoms with Gasteiger partial charge in [0.15, 0.2) is 5.78 Å². The van der Waals surface area contributed by atoms with E-state index >= 15 is 0 Å². The number of hydrogen-bond donors (Lipinski definition) is 0. The number of ketones is 1. The number of Topliss-reactive ketones (excluding diaryl/α,β-unsaturated/α-hetero) is 1. The van der Waals surface area contributed by atoms with Crippen molar-refractivity contribution in [1.82, 2.24) is 4.90 Å². The maximum Gasteiger partial charge on any atom is 0.164 e. The lowest BCUT2D eigenvalue weighted by Gasteiger charge is -2.26. The van der Waals surface area contributed by atoms with E-state index in [1.54, 1.807) is 19.1 Å². The Balaban J connectivity index is 1.90. The van der Waals surface area contributed by atoms with Gasteiger partial charge in [-0.15, -0.1) is 0 Å². The van der Waals surface area contributed by atoms with Crippen molar-refractivity contribution in [1.29, 1.82) is 0 Å². The molecule has 110 valence electrons. The highest BCUT2D eigenvalue weighted by atomic mass is 19.1. The van der Waals surface area contributed by atoms with E-state index in [2.05, 4.69) is 18.7 Å². The van der Waals surface area contributed by atoms with Gasteiger partial charge in [-0.1, -0.05) is 12.1 Å². The Labute approximate surface area is 121 Å². The van der Waals surface area contributed by atoms with Gasteiger partial charge in [-0.05, 0) is 51.2 Å². The zero-order chi connectivity index (χ0) is 14.7. The fourth-order valence-electron chi connectivity index (χ4n) is 2.35. The lowest BCUT2D eigenvalue weighted by Crippen LogP contribution is -2.34. The maximum absolute atomic E-state index is 13.5. The maximum atomic E-state index is 13.5. The molecule has 2 rings (SSSR count). The molecular weight excluding hydrogens is 253 g/mol. The first-order chi connectivity index (χ1) is 9.47. The Morgan fingerprint density at radius 1 is 1.40 bits per heavy atom. The van der Waals surface area contributed by atoms with Crippen LogP contribution in [0, 0.1) is 18.7 Å². The second kappa shape index (κ2) is 6.49. The summed E-state index contributed by atoms with van der Waals surface area (Å²) in [5.41, 5.74) is 1.07. The Morgan fingerprint density at radius 3 is 2.65 bits per heavy atom. The molecule has 0 spiro atoms. The van der Waals surface area contributed by atoms with Crippen LogP contribution in [0.4, 0.5) is 4.39 Å². The highest BCUT2D eigenvalue weighted by Gasteiger charge is 2.25. The molecule has 0 aliphatic heterocycles. The third-order valence-corrected chi connectivity index (χ3v) is 4.04. The van der Waals surface area contributed by atoms with Gasteiger partial charge in [0.05, 0.1) is 0 Å². The van der Waals surface area contributed by atoms with Crippen LogP contribution in [0.2, 0.25) is 0 Å². The molecule has 0 unspecified atom stereocenters. The molecular formula is C17H24FNO. The van der Waals surface area contributed by atoms with Gasteiger partial charge in [0, 0.05) is 31.1 Å². The minimum atomic E-state index is -0.297. The quantitative estimate of drug-likeness (QED) is 0.706. The number of carbonyl (C=O) groups is 1. The molecule has 0 radical (unpaired) electrons. The summed E-state index contributed by atoms with van der Waals surface area (Å²) in [6.45, 7) is 7.90. The Hall–Kier alpha value is -1.22. The summed E-state index contributed by atoms with van der Waals surface area (Å²) >= 11 is 0. The summed E-state index contributed by atoms with van der Waals surface area (Å²) in [5.74, 6) is 0.559. The van der Waals surface area contributed by atoms with Crippen LogP contribution >= 0.6 is 0 Å². The van der Waals surface area contributed by atoms with Gasteiger partial charge < -0.3 is 4.90 Å². The fraction of sp³-hybridized carbons (Fsp3) is 0.588. The van der Waals surface area contributed by atoms with Crippen molar-refractivity contribution < 1.29 is 9.18 Å². The van der Waals surface area contributed by atoms with Gasteiger partial charge in [-0.3, -0.25) is 4.79 Å². The lowest BCUT2D eigenvalue weighted by atomic mass is 10.1. The van der Waals surface area contributed by atoms with Gasteiger partial charge in [-0.25, -0.2) is 4.39 Å². The molecule has 1 fully saturated rings. The number of benzene rings is 1. The van der Waals surface area contributed by atoms with Crippen LogP contribution in [0.15, 0.2) is 18.2 Å². The van der Waals surface area contributed by atoms with Crippen LogP contribution in [-0.2, 0) is 0 Å². The van der Waals surface area contributed by atoms with Crippen LogP contribution in [0.3, 0.4) is 0 Å². The van der Waals surface area contributed by atoms with Crippen molar-refractivity contribution in [2.75, 3.05) is 13.1 Å². The average molecular weight is 277 g/mol. The smallest absolute Gasteiger partial charge is 0.164 e. The summed E-state index contributed by atoms with van der Waals surface area (Å²) in [4.78, 5) is 14.5. The topological polar surface area (TPSA) is 20.3 Å². The molecule has 2 nitrogen and oxygen atoms in total. The standard InChI is InChI=1S/C17H24FNO/c1-12(2)19(11-14-5-6-14)9-8-17(20)15-7-4-13(3)16(18)10-15/h4,7,10,12,14H,5-6,8-9,11H2,1-3H3. The van der Waals surface area contributed by atoms with Crippen LogP contribution < -0.4 is 0 Å². The summed E-state index contributed by atoms with van der Waals surface area (Å²) < 4.78 is 13.5. The highest BCUT2D eigenvalue weighted by molar-refractivity contribution is 5.96. The molecule has 20 heavy (non-hydrogen) atoms. The molecule has 1 aromatic rings. The van der Waals surface area contributed by atoms with Gasteiger partial charge >= 0.3 is 0 Å². The minimum absolute atomic E-state index is 0.0327. The highest BCUT2D eigenvalue weighted by Crippen LogP contribution is 2.30. The Morgan fingerprint density at radius 2 is 2.10 bits per heavy atom. The van der Waals surface area contributed by atoms with Crippen molar-refractivity contribution in [2.45, 2.75) is 46.1 Å². The van der Waals surface area contributed by atoms with Crippen molar-refractivity contribution in [3.63, 3.8) is 0 Å². The van der Waals surface area contributed by atoms with E-state index in [1.165, 1.54) is 18.9 Å². The molecule has 0 saturated heterocycles. The molecule has 0 aromatic heterocycles. The molecule has 1 aromatic carbocycles. The van der Waals surface area contributed by atoms with E-state index in [0.29, 0.717) is 23.6 Å². The molecule has 0 N–H and O–H groups in total. The zero-order valence-corrected chi connectivity index (χ0v) is 12.7. The Kier molecular flexibility index (Phi) is 4.92. The molecule has 0 bridgehead atoms. The number of rotatable bonds is 7. The predicted octanol–water partition coefficient (Wildman–Crippen LogP) is 3.83. The first-order valence-electron chi connectivity index (χ1n) is 7.50. The number of carbonyl (C=O) groups excluding carboxylic acids is 1. The van der Waals surface area contributed by atoms with Crippen LogP contribution in [0.25, 0.3) is 0 Å². The molecule has 0 heterocycles. The number of nitrogens with zero attached hydrogens (tertiary/aromatic N) is 1. The van der Waals surface area contributed by atoms with E-state index < -0.39 is 0 Å². The van der Waals surface area contributed by atoms with Gasteiger partial charge in [-0.2, -0.15) is 0 Å². The number of hydrogen-bond acceptors (Lipinski definition) is 2. The van der Waals surface area contributed by atoms with E-state index in [4.69, 9.17) is 0 Å². The predicted molar refractivity (Wildman–Crippen MR) is 79.5 cm³/mol. The van der Waals surface area contributed by atoms with Gasteiger partial charge in [0.1, 0.15) is 5.82 Å². The monoisotopic (exact) mass is 277 g/mol. The average Bonchev–Trinajstić information content (AvgIpc) is 3.21. The third-order valence-electron chi connectivity index (χ3n) is 4.04.